The van der Waals surface area contributed by atoms with Crippen LogP contribution in [0.2, 0.25) is 0 Å². The molecule has 82 heavy (non-hydrogen) atoms. The summed E-state index contributed by atoms with van der Waals surface area (Å²) in [5.41, 5.74) is 12.1. The number of cyclic esters (lactones) is 1. The number of hydrazine groups is 1. The number of ether oxygens (including phenoxy) is 3. The number of nitrogens with zero attached hydrogens (tertiary/aromatic N) is 8. The van der Waals surface area contributed by atoms with Gasteiger partial charge in [-0.2, -0.15) is 0 Å². The van der Waals surface area contributed by atoms with Gasteiger partial charge in [-0.15, -0.1) is 0 Å². The van der Waals surface area contributed by atoms with E-state index in [2.05, 4.69) is 123 Å². The maximum absolute atomic E-state index is 15.4. The average Bonchev–Trinajstić information content (AvgIpc) is 3.35. The quantitative estimate of drug-likeness (QED) is 0.119. The lowest BCUT2D eigenvalue weighted by Crippen LogP contribution is -2.62. The first-order valence-electron chi connectivity index (χ1n) is 31.3. The van der Waals surface area contributed by atoms with Gasteiger partial charge < -0.3 is 33.9 Å². The van der Waals surface area contributed by atoms with Crippen LogP contribution in [0.1, 0.15) is 115 Å². The van der Waals surface area contributed by atoms with Crippen LogP contribution in [0.4, 0.5) is 5.69 Å². The summed E-state index contributed by atoms with van der Waals surface area (Å²) in [6, 6.07) is 16.3. The number of amides is 3. The zero-order chi connectivity index (χ0) is 56.6. The number of benzene rings is 2. The molecule has 2 aromatic carbocycles. The minimum absolute atomic E-state index is 0.0232. The van der Waals surface area contributed by atoms with Gasteiger partial charge in [0.05, 0.1) is 61.3 Å². The number of methoxy groups -OCH3 is 1. The van der Waals surface area contributed by atoms with Gasteiger partial charge >= 0.3 is 5.97 Å². The highest BCUT2D eigenvalue weighted by Crippen LogP contribution is 2.49. The Kier molecular flexibility index (Phi) is 15.3. The molecule has 9 heterocycles. The van der Waals surface area contributed by atoms with Crippen LogP contribution in [0.25, 0.3) is 33.3 Å². The first kappa shape index (κ1) is 55.7. The maximum Gasteiger partial charge on any atom is 0.324 e. The molecule has 17 nitrogen and oxygen atoms in total. The summed E-state index contributed by atoms with van der Waals surface area (Å²) in [6.07, 6.45) is 12.2. The number of hydrogen-bond donors (Lipinski definition) is 2. The number of nitrogens with one attached hydrogen (secondary N) is 2. The van der Waals surface area contributed by atoms with Crippen LogP contribution in [0.3, 0.4) is 0 Å². The summed E-state index contributed by atoms with van der Waals surface area (Å²) in [4.78, 5) is 75.9. The molecule has 7 aliphatic heterocycles. The van der Waals surface area contributed by atoms with Crippen LogP contribution in [-0.2, 0) is 52.8 Å². The van der Waals surface area contributed by atoms with Crippen molar-refractivity contribution >= 4 is 40.3 Å². The zero-order valence-electron chi connectivity index (χ0n) is 49.5. The Morgan fingerprint density at radius 2 is 1.74 bits per heavy atom. The molecule has 8 fully saturated rings. The fourth-order valence-electron chi connectivity index (χ4n) is 15.9. The lowest BCUT2D eigenvalue weighted by molar-refractivity contribution is -0.155. The number of carbonyl (C=O) groups is 4. The topological polar surface area (TPSA) is 157 Å². The van der Waals surface area contributed by atoms with Gasteiger partial charge in [-0.05, 0) is 138 Å². The second kappa shape index (κ2) is 22.5. The van der Waals surface area contributed by atoms with E-state index in [-0.39, 0.29) is 60.3 Å². The van der Waals surface area contributed by atoms with E-state index in [9.17, 15) is 9.59 Å². The van der Waals surface area contributed by atoms with E-state index in [1.54, 1.807) is 12.1 Å². The number of pyridine rings is 1. The summed E-state index contributed by atoms with van der Waals surface area (Å²) in [5, 5.41) is 6.11. The van der Waals surface area contributed by atoms with Crippen molar-refractivity contribution in [2.75, 3.05) is 97.8 Å². The summed E-state index contributed by atoms with van der Waals surface area (Å²) < 4.78 is 20.8. The third kappa shape index (κ3) is 10.8. The van der Waals surface area contributed by atoms with E-state index in [0.717, 1.165) is 160 Å². The van der Waals surface area contributed by atoms with Crippen molar-refractivity contribution in [1.82, 2.24) is 44.9 Å². The molecule has 2 aromatic heterocycles. The summed E-state index contributed by atoms with van der Waals surface area (Å²) in [7, 11) is 3.85. The fourth-order valence-corrected chi connectivity index (χ4v) is 15.9. The molecule has 1 spiro atoms. The molecule has 2 aliphatic carbocycles. The molecule has 3 amide bonds. The Balaban J connectivity index is 0.834. The van der Waals surface area contributed by atoms with Crippen LogP contribution >= 0.6 is 0 Å². The lowest BCUT2D eigenvalue weighted by atomic mass is 9.84. The second-order valence-corrected chi connectivity index (χ2v) is 26.9. The Labute approximate surface area is 484 Å². The minimum Gasteiger partial charge on any atom is -0.464 e. The Hall–Kier alpha value is -5.43. The van der Waals surface area contributed by atoms with Crippen LogP contribution < -0.4 is 15.6 Å². The van der Waals surface area contributed by atoms with Crippen molar-refractivity contribution in [2.45, 2.75) is 154 Å². The number of likely N-dealkylation sites (tertiary alicyclic amines) is 2. The highest BCUT2D eigenvalue weighted by atomic mass is 16.5. The first-order chi connectivity index (χ1) is 39.7. The monoisotopic (exact) mass is 1120 g/mol. The minimum atomic E-state index is -0.902. The normalized spacial score (nSPS) is 29.9. The molecular weight excluding hydrogens is 1030 g/mol. The zero-order valence-corrected chi connectivity index (χ0v) is 49.5. The number of piperazine rings is 1. The highest BCUT2D eigenvalue weighted by molar-refractivity contribution is 5.96. The molecule has 440 valence electrons. The predicted molar refractivity (Wildman–Crippen MR) is 316 cm³/mol. The Morgan fingerprint density at radius 1 is 0.927 bits per heavy atom. The van der Waals surface area contributed by atoms with Gasteiger partial charge in [0.1, 0.15) is 18.1 Å². The number of carbonyl (C=O) groups excluding carboxylic acids is 4. The number of fused-ring (bicyclic) bond motifs is 7. The Morgan fingerprint density at radius 3 is 2.55 bits per heavy atom. The third-order valence-corrected chi connectivity index (χ3v) is 20.7. The van der Waals surface area contributed by atoms with Crippen molar-refractivity contribution in [3.63, 3.8) is 0 Å². The van der Waals surface area contributed by atoms with Crippen LogP contribution in [-0.4, -0.2) is 187 Å². The van der Waals surface area contributed by atoms with E-state index >= 15 is 9.59 Å². The predicted octanol–water partition coefficient (Wildman–Crippen LogP) is 6.84. The lowest BCUT2D eigenvalue weighted by Gasteiger charge is -2.44. The van der Waals surface area contributed by atoms with Crippen molar-refractivity contribution in [2.24, 2.45) is 22.7 Å². The number of likely N-dealkylation sites (N-methyl/N-ethyl adjacent to an activating group) is 1. The summed E-state index contributed by atoms with van der Waals surface area (Å²) in [6.45, 7) is 18.2. The number of anilines is 1. The number of esters is 1. The molecule has 2 saturated carbocycles. The van der Waals surface area contributed by atoms with Crippen LogP contribution in [0.15, 0.2) is 54.7 Å². The van der Waals surface area contributed by atoms with Gasteiger partial charge in [0, 0.05) is 106 Å². The number of aromatic nitrogens is 2. The highest BCUT2D eigenvalue weighted by Gasteiger charge is 2.59. The van der Waals surface area contributed by atoms with Gasteiger partial charge in [-0.25, -0.2) is 5.43 Å². The maximum atomic E-state index is 15.4. The van der Waals surface area contributed by atoms with Gasteiger partial charge in [0.25, 0.3) is 5.91 Å². The molecule has 13 rings (SSSR count). The summed E-state index contributed by atoms with van der Waals surface area (Å²) >= 11 is 0. The van der Waals surface area contributed by atoms with E-state index < -0.39 is 23.5 Å². The number of aryl methyl sites for hydroxylation is 1. The van der Waals surface area contributed by atoms with Crippen molar-refractivity contribution in [1.29, 1.82) is 0 Å². The molecule has 9 aliphatic rings. The van der Waals surface area contributed by atoms with Crippen LogP contribution in [0.5, 0.6) is 0 Å². The van der Waals surface area contributed by atoms with Crippen molar-refractivity contribution in [3.8, 4) is 22.4 Å². The molecule has 2 N–H and O–H groups in total. The molecule has 9 atom stereocenters. The van der Waals surface area contributed by atoms with Gasteiger partial charge in [-0.3, -0.25) is 43.9 Å². The van der Waals surface area contributed by atoms with E-state index in [1.165, 1.54) is 12.8 Å². The molecule has 17 heteroatoms. The van der Waals surface area contributed by atoms with E-state index in [4.69, 9.17) is 19.2 Å². The fraction of sp³-hybridized carbons (Fsp3) is 0.646. The van der Waals surface area contributed by atoms with Gasteiger partial charge in [0.15, 0.2) is 0 Å². The third-order valence-electron chi connectivity index (χ3n) is 20.7. The first-order valence-corrected chi connectivity index (χ1v) is 31.3. The van der Waals surface area contributed by atoms with Crippen LogP contribution in [0, 0.1) is 22.7 Å². The smallest absolute Gasteiger partial charge is 0.324 e. The molecule has 4 aromatic rings. The van der Waals surface area contributed by atoms with Gasteiger partial charge in [0.2, 0.25) is 11.8 Å². The SMILES string of the molecule is CCn1c(-c2cc(N3CCN4CCOC[C@@H]4C3)cnc2[C@H](C)OC)c2c3cc(ccc31)-c1cccc(c1)C[C@H](NC(=O)[C@H](C1CCCC1)N1CC[C@]3(CCN(C(=O)[C@H]4[C@@H](C5CC5)N4C)C3)C1)C(=O)N1CCC[C@H](N1)C(=O)OCC(C)(C)C2. The molecule has 6 bridgehead atoms. The molecule has 6 saturated heterocycles. The standard InChI is InChI=1S/C65H88N10O7/c1-7-74-54-20-19-46-32-49(54)51(58(74)50-33-47(35-66-55(50)41(2)80-6)71-27-26-70-28-29-81-37-48(70)36-71)34-64(3,4)40-82-63(79)52-16-11-23-75(68-52)61(77)53(31-42-12-10-15-45(46)30-42)67-60(76)57(43-13-8-9-14-43)72-24-21-65(38-72)22-25-73(39-65)62(78)59-56(69(59)5)44-17-18-44/h10,12,15,19-20,30,32-33,35,41,43-44,48,52-53,56-57,59,68H,7-9,11,13-14,16-18,21-29,31,34,36-40H2,1-6H3,(H,67,76)/t41-,48-,52-,53-,56+,57-,59+,65-,69?/m0/s1. The number of rotatable bonds is 11. The second-order valence-electron chi connectivity index (χ2n) is 26.9. The largest absolute Gasteiger partial charge is 0.464 e. The van der Waals surface area contributed by atoms with Crippen molar-refractivity contribution in [3.05, 3.63) is 71.5 Å². The Bertz CT molecular complexity index is 3080. The van der Waals surface area contributed by atoms with Gasteiger partial charge in [-0.1, -0.05) is 57.0 Å². The van der Waals surface area contributed by atoms with Crippen molar-refractivity contribution < 1.29 is 33.4 Å². The van der Waals surface area contributed by atoms with E-state index in [0.29, 0.717) is 50.4 Å². The molecule has 1 unspecified atom stereocenters. The number of morpholine rings is 1. The average molecular weight is 1120 g/mol. The molecule has 0 radical (unpaired) electrons. The van der Waals surface area contributed by atoms with E-state index in [1.807, 2.05) is 6.20 Å². The number of hydrogen-bond acceptors (Lipinski definition) is 13. The molecular formula is C65H88N10O7. The summed E-state index contributed by atoms with van der Waals surface area (Å²) in [5.74, 6) is 0.384.